The molecule has 0 bridgehead atoms. The highest BCUT2D eigenvalue weighted by Gasteiger charge is 2.34. The zero-order chi connectivity index (χ0) is 20.8. The lowest BCUT2D eigenvalue weighted by Crippen LogP contribution is -2.07. The lowest BCUT2D eigenvalue weighted by molar-refractivity contribution is -0.136. The molecule has 0 aliphatic carbocycles. The number of rotatable bonds is 3. The van der Waals surface area contributed by atoms with E-state index in [1.54, 1.807) is 0 Å². The second kappa shape index (κ2) is 6.95. The van der Waals surface area contributed by atoms with Crippen molar-refractivity contribution in [2.24, 2.45) is 0 Å². The normalized spacial score (nSPS) is 11.9. The molecule has 0 N–H and O–H groups in total. The van der Waals surface area contributed by atoms with Crippen LogP contribution < -0.4 is 0 Å². The highest BCUT2D eigenvalue weighted by atomic mass is 19.4. The Labute approximate surface area is 161 Å². The standard InChI is InChI=1S/C21H12F6N2/c22-14-7-4-12(5-8-14)20-16-2-1-3-17(21(25,26)27)19(16)28-29(20)11-13-6-9-15(23)10-18(13)24/h1-10H,11H2. The summed E-state index contributed by atoms with van der Waals surface area (Å²) in [6, 6.07) is 11.7. The van der Waals surface area contributed by atoms with E-state index in [0.29, 0.717) is 11.6 Å². The second-order valence-electron chi connectivity index (χ2n) is 6.45. The van der Waals surface area contributed by atoms with E-state index < -0.39 is 29.2 Å². The summed E-state index contributed by atoms with van der Waals surface area (Å²) in [4.78, 5) is 0. The van der Waals surface area contributed by atoms with Crippen LogP contribution in [0.2, 0.25) is 0 Å². The molecule has 0 saturated heterocycles. The van der Waals surface area contributed by atoms with Gasteiger partial charge in [0.2, 0.25) is 0 Å². The maximum Gasteiger partial charge on any atom is 0.418 e. The zero-order valence-corrected chi connectivity index (χ0v) is 14.6. The van der Waals surface area contributed by atoms with Gasteiger partial charge in [-0.05, 0) is 36.4 Å². The van der Waals surface area contributed by atoms with Crippen molar-refractivity contribution in [2.45, 2.75) is 12.7 Å². The van der Waals surface area contributed by atoms with E-state index in [-0.39, 0.29) is 28.7 Å². The van der Waals surface area contributed by atoms with Crippen molar-refractivity contribution in [2.75, 3.05) is 0 Å². The van der Waals surface area contributed by atoms with E-state index >= 15 is 0 Å². The van der Waals surface area contributed by atoms with Crippen molar-refractivity contribution < 1.29 is 26.3 Å². The first-order valence-corrected chi connectivity index (χ1v) is 8.50. The Bertz CT molecular complexity index is 1190. The first-order valence-electron chi connectivity index (χ1n) is 8.50. The average molecular weight is 406 g/mol. The van der Waals surface area contributed by atoms with Gasteiger partial charge in [0.15, 0.2) is 0 Å². The van der Waals surface area contributed by atoms with Crippen LogP contribution in [0.3, 0.4) is 0 Å². The van der Waals surface area contributed by atoms with E-state index in [1.807, 2.05) is 0 Å². The number of hydrogen-bond acceptors (Lipinski definition) is 1. The van der Waals surface area contributed by atoms with Gasteiger partial charge in [0.05, 0.1) is 17.8 Å². The van der Waals surface area contributed by atoms with Crippen molar-refractivity contribution in [3.05, 3.63) is 89.2 Å². The van der Waals surface area contributed by atoms with Gasteiger partial charge in [-0.15, -0.1) is 0 Å². The minimum absolute atomic E-state index is 0.0520. The maximum atomic E-state index is 14.1. The fraction of sp³-hybridized carbons (Fsp3) is 0.0952. The van der Waals surface area contributed by atoms with Gasteiger partial charge in [0.25, 0.3) is 0 Å². The molecule has 0 unspecified atom stereocenters. The molecule has 3 aromatic carbocycles. The van der Waals surface area contributed by atoms with Gasteiger partial charge in [0.1, 0.15) is 23.0 Å². The molecular formula is C21H12F6N2. The molecule has 1 aromatic heterocycles. The molecule has 0 aliphatic rings. The van der Waals surface area contributed by atoms with E-state index in [0.717, 1.165) is 12.1 Å². The number of aromatic nitrogens is 2. The Hall–Kier alpha value is -3.29. The zero-order valence-electron chi connectivity index (χ0n) is 14.6. The third kappa shape index (κ3) is 3.57. The van der Waals surface area contributed by atoms with Crippen LogP contribution in [0.4, 0.5) is 26.3 Å². The molecule has 0 radical (unpaired) electrons. The fourth-order valence-corrected chi connectivity index (χ4v) is 3.22. The van der Waals surface area contributed by atoms with Gasteiger partial charge in [-0.3, -0.25) is 4.68 Å². The third-order valence-electron chi connectivity index (χ3n) is 4.53. The summed E-state index contributed by atoms with van der Waals surface area (Å²) in [6.07, 6.45) is -4.64. The lowest BCUT2D eigenvalue weighted by atomic mass is 10.0. The van der Waals surface area contributed by atoms with Gasteiger partial charge in [-0.25, -0.2) is 13.2 Å². The molecule has 1 heterocycles. The molecule has 0 amide bonds. The maximum absolute atomic E-state index is 14.1. The summed E-state index contributed by atoms with van der Waals surface area (Å²) < 4.78 is 82.2. The molecule has 29 heavy (non-hydrogen) atoms. The predicted molar refractivity (Wildman–Crippen MR) is 95.6 cm³/mol. The molecule has 0 aliphatic heterocycles. The molecule has 0 atom stereocenters. The van der Waals surface area contributed by atoms with Crippen LogP contribution in [-0.2, 0) is 12.7 Å². The Balaban J connectivity index is 1.96. The Morgan fingerprint density at radius 3 is 2.17 bits per heavy atom. The fourth-order valence-electron chi connectivity index (χ4n) is 3.22. The van der Waals surface area contributed by atoms with Crippen molar-refractivity contribution in [1.29, 1.82) is 0 Å². The smallest absolute Gasteiger partial charge is 0.259 e. The summed E-state index contributed by atoms with van der Waals surface area (Å²) in [6.45, 7) is -0.231. The average Bonchev–Trinajstić information content (AvgIpc) is 3.02. The SMILES string of the molecule is Fc1ccc(-c2c3cccc(C(F)(F)F)c3nn2Cc2ccc(F)cc2F)cc1. The van der Waals surface area contributed by atoms with E-state index in [1.165, 1.54) is 47.1 Å². The summed E-state index contributed by atoms with van der Waals surface area (Å²) in [5.41, 5.74) is -0.500. The number of nitrogens with zero attached hydrogens (tertiary/aromatic N) is 2. The van der Waals surface area contributed by atoms with Crippen molar-refractivity contribution >= 4 is 10.9 Å². The predicted octanol–water partition coefficient (Wildman–Crippen LogP) is 6.19. The second-order valence-corrected chi connectivity index (χ2v) is 6.45. The molecule has 0 spiro atoms. The summed E-state index contributed by atoms with van der Waals surface area (Å²) in [5, 5.41) is 4.27. The molecule has 2 nitrogen and oxygen atoms in total. The molecule has 0 saturated carbocycles. The number of halogens is 6. The molecule has 4 aromatic rings. The van der Waals surface area contributed by atoms with Gasteiger partial charge >= 0.3 is 6.18 Å². The first-order chi connectivity index (χ1) is 13.7. The summed E-state index contributed by atoms with van der Waals surface area (Å²) in [7, 11) is 0. The van der Waals surface area contributed by atoms with Crippen LogP contribution >= 0.6 is 0 Å². The highest BCUT2D eigenvalue weighted by molar-refractivity contribution is 5.95. The van der Waals surface area contributed by atoms with Crippen LogP contribution in [0, 0.1) is 17.5 Å². The van der Waals surface area contributed by atoms with Gasteiger partial charge in [-0.1, -0.05) is 18.2 Å². The number of fused-ring (bicyclic) bond motifs is 1. The van der Waals surface area contributed by atoms with Crippen LogP contribution in [0.15, 0.2) is 60.7 Å². The van der Waals surface area contributed by atoms with E-state index in [2.05, 4.69) is 5.10 Å². The van der Waals surface area contributed by atoms with Crippen molar-refractivity contribution in [1.82, 2.24) is 9.78 Å². The quantitative estimate of drug-likeness (QED) is 0.371. The monoisotopic (exact) mass is 406 g/mol. The molecule has 148 valence electrons. The van der Waals surface area contributed by atoms with Gasteiger partial charge in [-0.2, -0.15) is 18.3 Å². The lowest BCUT2D eigenvalue weighted by Gasteiger charge is -2.09. The Morgan fingerprint density at radius 2 is 1.52 bits per heavy atom. The Morgan fingerprint density at radius 1 is 0.828 bits per heavy atom. The van der Waals surface area contributed by atoms with Crippen LogP contribution in [0.5, 0.6) is 0 Å². The molecular weight excluding hydrogens is 394 g/mol. The van der Waals surface area contributed by atoms with E-state index in [4.69, 9.17) is 0 Å². The molecule has 4 rings (SSSR count). The van der Waals surface area contributed by atoms with Crippen LogP contribution in [0.25, 0.3) is 22.2 Å². The van der Waals surface area contributed by atoms with Gasteiger partial charge < -0.3 is 0 Å². The van der Waals surface area contributed by atoms with Crippen LogP contribution in [-0.4, -0.2) is 9.78 Å². The molecule has 8 heteroatoms. The van der Waals surface area contributed by atoms with Crippen LogP contribution in [0.1, 0.15) is 11.1 Å². The minimum atomic E-state index is -4.64. The third-order valence-corrected chi connectivity index (χ3v) is 4.53. The highest BCUT2D eigenvalue weighted by Crippen LogP contribution is 2.38. The van der Waals surface area contributed by atoms with E-state index in [9.17, 15) is 26.3 Å². The summed E-state index contributed by atoms with van der Waals surface area (Å²) >= 11 is 0. The number of alkyl halides is 3. The Kier molecular flexibility index (Phi) is 4.56. The minimum Gasteiger partial charge on any atom is -0.259 e. The number of benzene rings is 3. The first kappa shape index (κ1) is 19.0. The topological polar surface area (TPSA) is 17.8 Å². The largest absolute Gasteiger partial charge is 0.418 e. The summed E-state index contributed by atoms with van der Waals surface area (Å²) in [5.74, 6) is -2.12. The van der Waals surface area contributed by atoms with Crippen molar-refractivity contribution in [3.63, 3.8) is 0 Å². The number of hydrogen-bond donors (Lipinski definition) is 0. The molecule has 0 fully saturated rings. The van der Waals surface area contributed by atoms with Crippen molar-refractivity contribution in [3.8, 4) is 11.3 Å². The van der Waals surface area contributed by atoms with Gasteiger partial charge in [0, 0.05) is 22.6 Å².